The number of nitrogens with one attached hydrogen (secondary N) is 1. The Hall–Kier alpha value is -0.540. The fraction of sp³-hybridized carbons (Fsp3) is 0.294. The third-order valence-corrected chi connectivity index (χ3v) is 4.86. The van der Waals surface area contributed by atoms with Crippen LogP contribution in [0.2, 0.25) is 10.0 Å². The summed E-state index contributed by atoms with van der Waals surface area (Å²) in [5.41, 5.74) is 3.61. The molecular formula is C17H18BrCl2N. The van der Waals surface area contributed by atoms with Gasteiger partial charge < -0.3 is 5.32 Å². The van der Waals surface area contributed by atoms with Gasteiger partial charge in [0.05, 0.1) is 10.0 Å². The first-order chi connectivity index (χ1) is 10.0. The van der Waals surface area contributed by atoms with Crippen molar-refractivity contribution in [3.8, 4) is 0 Å². The predicted octanol–water partition coefficient (Wildman–Crippen LogP) is 5.96. The highest BCUT2D eigenvalue weighted by Crippen LogP contribution is 2.30. The van der Waals surface area contributed by atoms with E-state index in [-0.39, 0.29) is 6.04 Å². The van der Waals surface area contributed by atoms with Crippen molar-refractivity contribution < 1.29 is 0 Å². The van der Waals surface area contributed by atoms with Gasteiger partial charge in [-0.2, -0.15) is 0 Å². The molecule has 0 aliphatic rings. The highest BCUT2D eigenvalue weighted by Gasteiger charge is 2.16. The van der Waals surface area contributed by atoms with Crippen LogP contribution in [0.3, 0.4) is 0 Å². The molecular weight excluding hydrogens is 369 g/mol. The molecule has 0 aromatic heterocycles. The van der Waals surface area contributed by atoms with Crippen LogP contribution in [0.4, 0.5) is 0 Å². The van der Waals surface area contributed by atoms with Gasteiger partial charge in [-0.1, -0.05) is 64.3 Å². The number of aryl methyl sites for hydroxylation is 1. The molecule has 0 fully saturated rings. The van der Waals surface area contributed by atoms with Gasteiger partial charge in [0.25, 0.3) is 0 Å². The fourth-order valence-electron chi connectivity index (χ4n) is 2.49. The van der Waals surface area contributed by atoms with Crippen molar-refractivity contribution in [1.82, 2.24) is 5.32 Å². The van der Waals surface area contributed by atoms with Gasteiger partial charge in [-0.3, -0.25) is 0 Å². The van der Waals surface area contributed by atoms with E-state index in [1.807, 2.05) is 18.2 Å². The lowest BCUT2D eigenvalue weighted by Crippen LogP contribution is -2.23. The summed E-state index contributed by atoms with van der Waals surface area (Å²) in [6.45, 7) is 5.14. The minimum absolute atomic E-state index is 0.221. The molecule has 2 aromatic rings. The van der Waals surface area contributed by atoms with Gasteiger partial charge in [-0.25, -0.2) is 0 Å². The third kappa shape index (κ3) is 4.23. The van der Waals surface area contributed by atoms with E-state index >= 15 is 0 Å². The summed E-state index contributed by atoms with van der Waals surface area (Å²) >= 11 is 15.9. The Morgan fingerprint density at radius 3 is 2.62 bits per heavy atom. The number of hydrogen-bond acceptors (Lipinski definition) is 1. The third-order valence-electron chi connectivity index (χ3n) is 3.51. The van der Waals surface area contributed by atoms with E-state index in [1.54, 1.807) is 0 Å². The van der Waals surface area contributed by atoms with E-state index in [9.17, 15) is 0 Å². The van der Waals surface area contributed by atoms with Crippen molar-refractivity contribution >= 4 is 39.1 Å². The molecule has 0 aliphatic heterocycles. The van der Waals surface area contributed by atoms with Crippen LogP contribution in [0.25, 0.3) is 0 Å². The van der Waals surface area contributed by atoms with Crippen LogP contribution in [-0.2, 0) is 6.42 Å². The van der Waals surface area contributed by atoms with Gasteiger partial charge in [0.1, 0.15) is 0 Å². The summed E-state index contributed by atoms with van der Waals surface area (Å²) in [5.74, 6) is 0. The maximum Gasteiger partial charge on any atom is 0.0624 e. The van der Waals surface area contributed by atoms with Crippen LogP contribution < -0.4 is 5.32 Å². The average Bonchev–Trinajstić information content (AvgIpc) is 2.43. The lowest BCUT2D eigenvalue weighted by atomic mass is 9.95. The lowest BCUT2D eigenvalue weighted by molar-refractivity contribution is 0.547. The van der Waals surface area contributed by atoms with Gasteiger partial charge in [0.2, 0.25) is 0 Å². The van der Waals surface area contributed by atoms with Crippen molar-refractivity contribution in [2.45, 2.75) is 26.3 Å². The Labute approximate surface area is 144 Å². The van der Waals surface area contributed by atoms with E-state index in [4.69, 9.17) is 23.2 Å². The standard InChI is InChI=1S/C17H18BrCl2N/c1-3-21-16(14-8-7-13(18)9-11(14)2)10-12-5-4-6-15(19)17(12)20/h4-9,16,21H,3,10H2,1-2H3. The summed E-state index contributed by atoms with van der Waals surface area (Å²) < 4.78 is 1.10. The molecule has 0 bridgehead atoms. The molecule has 1 N–H and O–H groups in total. The van der Waals surface area contributed by atoms with Crippen molar-refractivity contribution in [2.75, 3.05) is 6.54 Å². The Kier molecular flexibility index (Phi) is 6.12. The molecule has 21 heavy (non-hydrogen) atoms. The fourth-order valence-corrected chi connectivity index (χ4v) is 3.37. The number of benzene rings is 2. The molecule has 0 amide bonds. The Morgan fingerprint density at radius 2 is 1.95 bits per heavy atom. The molecule has 0 heterocycles. The predicted molar refractivity (Wildman–Crippen MR) is 95.5 cm³/mol. The zero-order valence-electron chi connectivity index (χ0n) is 12.1. The molecule has 0 saturated carbocycles. The van der Waals surface area contributed by atoms with Crippen LogP contribution >= 0.6 is 39.1 Å². The van der Waals surface area contributed by atoms with Crippen molar-refractivity contribution in [3.63, 3.8) is 0 Å². The molecule has 4 heteroatoms. The van der Waals surface area contributed by atoms with Crippen molar-refractivity contribution in [1.29, 1.82) is 0 Å². The maximum atomic E-state index is 6.32. The molecule has 1 nitrogen and oxygen atoms in total. The number of hydrogen-bond donors (Lipinski definition) is 1. The van der Waals surface area contributed by atoms with Gasteiger partial charge in [-0.15, -0.1) is 0 Å². The first-order valence-electron chi connectivity index (χ1n) is 6.95. The van der Waals surface area contributed by atoms with Crippen molar-refractivity contribution in [3.05, 3.63) is 67.6 Å². The zero-order valence-corrected chi connectivity index (χ0v) is 15.2. The van der Waals surface area contributed by atoms with E-state index in [0.29, 0.717) is 10.0 Å². The highest BCUT2D eigenvalue weighted by atomic mass is 79.9. The molecule has 2 rings (SSSR count). The van der Waals surface area contributed by atoms with Crippen LogP contribution in [-0.4, -0.2) is 6.54 Å². The van der Waals surface area contributed by atoms with E-state index in [0.717, 1.165) is 23.0 Å². The van der Waals surface area contributed by atoms with Crippen LogP contribution in [0.5, 0.6) is 0 Å². The van der Waals surface area contributed by atoms with Crippen molar-refractivity contribution in [2.24, 2.45) is 0 Å². The molecule has 0 saturated heterocycles. The molecule has 1 unspecified atom stereocenters. The van der Waals surface area contributed by atoms with Gasteiger partial charge in [0, 0.05) is 10.5 Å². The van der Waals surface area contributed by atoms with Crippen LogP contribution in [0.1, 0.15) is 29.7 Å². The van der Waals surface area contributed by atoms with Gasteiger partial charge >= 0.3 is 0 Å². The average molecular weight is 387 g/mol. The number of halogens is 3. The Bertz CT molecular complexity index is 628. The van der Waals surface area contributed by atoms with Crippen LogP contribution in [0.15, 0.2) is 40.9 Å². The second kappa shape index (κ2) is 7.64. The summed E-state index contributed by atoms with van der Waals surface area (Å²) in [5, 5.41) is 4.80. The maximum absolute atomic E-state index is 6.32. The Morgan fingerprint density at radius 1 is 1.19 bits per heavy atom. The first-order valence-corrected chi connectivity index (χ1v) is 8.50. The summed E-state index contributed by atoms with van der Waals surface area (Å²) in [4.78, 5) is 0. The SMILES string of the molecule is CCNC(Cc1cccc(Cl)c1Cl)c1ccc(Br)cc1C. The van der Waals surface area contributed by atoms with Gasteiger partial charge in [-0.05, 0) is 54.8 Å². The minimum atomic E-state index is 0.221. The normalized spacial score (nSPS) is 12.4. The second-order valence-corrected chi connectivity index (χ2v) is 6.73. The number of likely N-dealkylation sites (N-methyl/N-ethyl adjacent to an activating group) is 1. The highest BCUT2D eigenvalue weighted by molar-refractivity contribution is 9.10. The number of rotatable bonds is 5. The zero-order chi connectivity index (χ0) is 15.4. The first kappa shape index (κ1) is 16.8. The molecule has 2 aromatic carbocycles. The smallest absolute Gasteiger partial charge is 0.0624 e. The molecule has 0 aliphatic carbocycles. The topological polar surface area (TPSA) is 12.0 Å². The van der Waals surface area contributed by atoms with E-state index in [1.165, 1.54) is 11.1 Å². The molecule has 0 spiro atoms. The lowest BCUT2D eigenvalue weighted by Gasteiger charge is -2.21. The quantitative estimate of drug-likeness (QED) is 0.668. The molecule has 0 radical (unpaired) electrons. The summed E-state index contributed by atoms with van der Waals surface area (Å²) in [6, 6.07) is 12.4. The Balaban J connectivity index is 2.33. The molecule has 112 valence electrons. The largest absolute Gasteiger partial charge is 0.310 e. The monoisotopic (exact) mass is 385 g/mol. The summed E-state index contributed by atoms with van der Waals surface area (Å²) in [7, 11) is 0. The van der Waals surface area contributed by atoms with E-state index < -0.39 is 0 Å². The summed E-state index contributed by atoms with van der Waals surface area (Å²) in [6.07, 6.45) is 0.815. The van der Waals surface area contributed by atoms with E-state index in [2.05, 4.69) is 53.3 Å². The minimum Gasteiger partial charge on any atom is -0.310 e. The molecule has 1 atom stereocenters. The van der Waals surface area contributed by atoms with Gasteiger partial charge in [0.15, 0.2) is 0 Å². The van der Waals surface area contributed by atoms with Crippen LogP contribution in [0, 0.1) is 6.92 Å². The second-order valence-electron chi connectivity index (χ2n) is 5.03.